The van der Waals surface area contributed by atoms with Crippen LogP contribution >= 0.6 is 23.5 Å². The predicted octanol–water partition coefficient (Wildman–Crippen LogP) is 3.31. The van der Waals surface area contributed by atoms with E-state index in [-0.39, 0.29) is 5.60 Å². The second kappa shape index (κ2) is 7.06. The van der Waals surface area contributed by atoms with Crippen molar-refractivity contribution in [2.24, 2.45) is 0 Å². The Morgan fingerprint density at radius 3 is 2.79 bits per heavy atom. The van der Waals surface area contributed by atoms with Crippen LogP contribution in [0.5, 0.6) is 0 Å². The minimum Gasteiger partial charge on any atom is -0.375 e. The van der Waals surface area contributed by atoms with Crippen LogP contribution in [0.4, 0.5) is 0 Å². The van der Waals surface area contributed by atoms with Crippen LogP contribution in [0.3, 0.4) is 0 Å². The Morgan fingerprint density at radius 1 is 1.11 bits per heavy atom. The van der Waals surface area contributed by atoms with E-state index in [2.05, 4.69) is 28.8 Å². The summed E-state index contributed by atoms with van der Waals surface area (Å²) < 4.78 is 6.17. The van der Waals surface area contributed by atoms with Crippen LogP contribution in [0.15, 0.2) is 0 Å². The van der Waals surface area contributed by atoms with Gasteiger partial charge in [-0.3, -0.25) is 0 Å². The molecule has 3 heterocycles. The molecule has 2 atom stereocenters. The van der Waals surface area contributed by atoms with E-state index in [4.69, 9.17) is 4.74 Å². The molecule has 0 bridgehead atoms. The summed E-state index contributed by atoms with van der Waals surface area (Å²) in [4.78, 5) is 0. The molecule has 0 aromatic heterocycles. The third-order valence-electron chi connectivity index (χ3n) is 4.81. The van der Waals surface area contributed by atoms with Gasteiger partial charge in [-0.1, -0.05) is 6.42 Å². The molecule has 3 aliphatic rings. The molecule has 3 rings (SSSR count). The lowest BCUT2D eigenvalue weighted by molar-refractivity contribution is -0.0930. The van der Waals surface area contributed by atoms with Gasteiger partial charge in [0.25, 0.3) is 0 Å². The molecule has 0 amide bonds. The lowest BCUT2D eigenvalue weighted by Gasteiger charge is -2.43. The standard InChI is InChI=1S/C15H27NOS2/c1-2-8-19-14(3-1)12-16-13-4-7-17-15(11-13)5-9-18-10-6-15/h13-14,16H,1-12H2. The van der Waals surface area contributed by atoms with Gasteiger partial charge < -0.3 is 10.1 Å². The Morgan fingerprint density at radius 2 is 2.00 bits per heavy atom. The van der Waals surface area contributed by atoms with E-state index in [0.717, 1.165) is 11.9 Å². The molecule has 19 heavy (non-hydrogen) atoms. The molecule has 3 saturated heterocycles. The summed E-state index contributed by atoms with van der Waals surface area (Å²) in [5, 5.41) is 4.73. The zero-order valence-corrected chi connectivity index (χ0v) is 13.5. The topological polar surface area (TPSA) is 21.3 Å². The Kier molecular flexibility index (Phi) is 5.41. The third-order valence-corrected chi connectivity index (χ3v) is 7.19. The molecule has 0 radical (unpaired) electrons. The molecule has 0 aromatic carbocycles. The first-order valence-corrected chi connectivity index (χ1v) is 10.1. The average molecular weight is 302 g/mol. The zero-order valence-electron chi connectivity index (χ0n) is 11.9. The fourth-order valence-corrected chi connectivity index (χ4v) is 6.05. The number of hydrogen-bond donors (Lipinski definition) is 1. The van der Waals surface area contributed by atoms with Crippen molar-refractivity contribution < 1.29 is 4.74 Å². The molecular formula is C15H27NOS2. The molecule has 3 aliphatic heterocycles. The maximum absolute atomic E-state index is 6.17. The molecule has 1 N–H and O–H groups in total. The van der Waals surface area contributed by atoms with E-state index in [1.807, 2.05) is 0 Å². The van der Waals surface area contributed by atoms with E-state index in [1.165, 1.54) is 68.7 Å². The fraction of sp³-hybridized carbons (Fsp3) is 1.00. The number of thioether (sulfide) groups is 2. The van der Waals surface area contributed by atoms with Crippen molar-refractivity contribution in [3.05, 3.63) is 0 Å². The molecule has 110 valence electrons. The van der Waals surface area contributed by atoms with E-state index in [9.17, 15) is 0 Å². The summed E-state index contributed by atoms with van der Waals surface area (Å²) in [6, 6.07) is 0.708. The highest BCUT2D eigenvalue weighted by Crippen LogP contribution is 2.37. The predicted molar refractivity (Wildman–Crippen MR) is 86.4 cm³/mol. The Balaban J connectivity index is 1.45. The second-order valence-corrected chi connectivity index (χ2v) is 8.86. The number of rotatable bonds is 3. The van der Waals surface area contributed by atoms with Crippen LogP contribution in [0.2, 0.25) is 0 Å². The molecule has 0 aromatic rings. The fourth-order valence-electron chi connectivity index (χ4n) is 3.56. The maximum Gasteiger partial charge on any atom is 0.0713 e. The van der Waals surface area contributed by atoms with Crippen LogP contribution in [-0.4, -0.2) is 47.3 Å². The number of ether oxygens (including phenoxy) is 1. The van der Waals surface area contributed by atoms with Crippen molar-refractivity contribution in [1.29, 1.82) is 0 Å². The lowest BCUT2D eigenvalue weighted by atomic mass is 9.85. The molecular weight excluding hydrogens is 274 g/mol. The van der Waals surface area contributed by atoms with Crippen LogP contribution < -0.4 is 5.32 Å². The molecule has 2 unspecified atom stereocenters. The van der Waals surface area contributed by atoms with Gasteiger partial charge in [0.1, 0.15) is 0 Å². The van der Waals surface area contributed by atoms with Crippen molar-refractivity contribution in [2.75, 3.05) is 30.4 Å². The highest BCUT2D eigenvalue weighted by atomic mass is 32.2. The minimum atomic E-state index is 0.237. The van der Waals surface area contributed by atoms with Gasteiger partial charge >= 0.3 is 0 Å². The summed E-state index contributed by atoms with van der Waals surface area (Å²) in [7, 11) is 0. The van der Waals surface area contributed by atoms with Crippen molar-refractivity contribution in [3.8, 4) is 0 Å². The molecule has 4 heteroatoms. The van der Waals surface area contributed by atoms with Gasteiger partial charge in [-0.2, -0.15) is 23.5 Å². The van der Waals surface area contributed by atoms with Crippen LogP contribution in [0.25, 0.3) is 0 Å². The Hall–Kier alpha value is 0.620. The second-order valence-electron chi connectivity index (χ2n) is 6.23. The van der Waals surface area contributed by atoms with Gasteiger partial charge in [-0.15, -0.1) is 0 Å². The van der Waals surface area contributed by atoms with Crippen molar-refractivity contribution in [2.45, 2.75) is 61.8 Å². The van der Waals surface area contributed by atoms with E-state index in [0.29, 0.717) is 6.04 Å². The van der Waals surface area contributed by atoms with Gasteiger partial charge in [0, 0.05) is 24.4 Å². The average Bonchev–Trinajstić information content (AvgIpc) is 2.47. The minimum absolute atomic E-state index is 0.237. The van der Waals surface area contributed by atoms with Gasteiger partial charge in [0.2, 0.25) is 0 Å². The summed E-state index contributed by atoms with van der Waals surface area (Å²) in [5.74, 6) is 3.97. The smallest absolute Gasteiger partial charge is 0.0713 e. The molecule has 2 nitrogen and oxygen atoms in total. The van der Waals surface area contributed by atoms with Gasteiger partial charge in [-0.05, 0) is 55.8 Å². The van der Waals surface area contributed by atoms with Crippen molar-refractivity contribution in [3.63, 3.8) is 0 Å². The van der Waals surface area contributed by atoms with Crippen LogP contribution in [0, 0.1) is 0 Å². The SMILES string of the molecule is C1CCC(CNC2CCOC3(CCSCC3)C2)SC1. The van der Waals surface area contributed by atoms with E-state index < -0.39 is 0 Å². The largest absolute Gasteiger partial charge is 0.375 e. The van der Waals surface area contributed by atoms with Crippen LogP contribution in [0.1, 0.15) is 44.9 Å². The molecule has 3 fully saturated rings. The zero-order chi connectivity index (χ0) is 13.0. The Bertz CT molecular complexity index is 270. The molecule has 0 saturated carbocycles. The van der Waals surface area contributed by atoms with Gasteiger partial charge in [0.05, 0.1) is 5.60 Å². The Labute approximate surface area is 126 Å². The molecule has 0 aliphatic carbocycles. The lowest BCUT2D eigenvalue weighted by Crippen LogP contribution is -2.49. The first kappa shape index (κ1) is 14.6. The quantitative estimate of drug-likeness (QED) is 0.863. The highest BCUT2D eigenvalue weighted by Gasteiger charge is 2.38. The first-order chi connectivity index (χ1) is 9.36. The summed E-state index contributed by atoms with van der Waals surface area (Å²) in [6.45, 7) is 2.19. The molecule has 1 spiro atoms. The summed E-state index contributed by atoms with van der Waals surface area (Å²) in [5.41, 5.74) is 0.237. The first-order valence-electron chi connectivity index (χ1n) is 7.93. The number of hydrogen-bond acceptors (Lipinski definition) is 4. The third kappa shape index (κ3) is 4.05. The van der Waals surface area contributed by atoms with Crippen molar-refractivity contribution >= 4 is 23.5 Å². The van der Waals surface area contributed by atoms with E-state index >= 15 is 0 Å². The monoisotopic (exact) mass is 301 g/mol. The summed E-state index contributed by atoms with van der Waals surface area (Å²) >= 11 is 4.28. The number of nitrogens with one attached hydrogen (secondary N) is 1. The summed E-state index contributed by atoms with van der Waals surface area (Å²) in [6.07, 6.45) is 9.30. The van der Waals surface area contributed by atoms with Gasteiger partial charge in [0.15, 0.2) is 0 Å². The van der Waals surface area contributed by atoms with Crippen LogP contribution in [-0.2, 0) is 4.74 Å². The van der Waals surface area contributed by atoms with Gasteiger partial charge in [-0.25, -0.2) is 0 Å². The highest BCUT2D eigenvalue weighted by molar-refractivity contribution is 8.00. The van der Waals surface area contributed by atoms with E-state index in [1.54, 1.807) is 0 Å². The normalized spacial score (nSPS) is 35.4. The maximum atomic E-state index is 6.17. The van der Waals surface area contributed by atoms with Crippen molar-refractivity contribution in [1.82, 2.24) is 5.32 Å².